The number of aliphatic carboxylic acids is 2. The minimum atomic E-state index is -2.84. The van der Waals surface area contributed by atoms with Crippen LogP contribution >= 0.6 is 7.60 Å². The monoisotopic (exact) mass is 271 g/mol. The molecule has 0 bridgehead atoms. The van der Waals surface area contributed by atoms with Gasteiger partial charge in [0.1, 0.15) is 0 Å². The van der Waals surface area contributed by atoms with Crippen LogP contribution in [0.3, 0.4) is 0 Å². The molecule has 0 radical (unpaired) electrons. The summed E-state index contributed by atoms with van der Waals surface area (Å²) in [5.74, 6) is -3.65. The molecule has 102 valence electrons. The Hall–Kier alpha value is -0.950. The Morgan fingerprint density at radius 1 is 1.12 bits per heavy atom. The molecule has 0 aliphatic heterocycles. The number of nitrogens with two attached hydrogens (primary N) is 1. The molecule has 0 saturated heterocycles. The molecule has 0 unspecified atom stereocenters. The van der Waals surface area contributed by atoms with Gasteiger partial charge >= 0.3 is 19.5 Å². The lowest BCUT2D eigenvalue weighted by Crippen LogP contribution is -2.09. The summed E-state index contributed by atoms with van der Waals surface area (Å²) in [7, 11) is -2.84. The summed E-state index contributed by atoms with van der Waals surface area (Å²) in [4.78, 5) is 18.2. The smallest absolute Gasteiger partial charge is 0.414 e. The van der Waals surface area contributed by atoms with Gasteiger partial charge in [-0.3, -0.25) is 4.57 Å². The van der Waals surface area contributed by atoms with E-state index in [-0.39, 0.29) is 0 Å². The average Bonchev–Trinajstić information content (AvgIpc) is 2.19. The molecule has 0 heterocycles. The van der Waals surface area contributed by atoms with Gasteiger partial charge in [-0.25, -0.2) is 9.59 Å². The first kappa shape index (κ1) is 18.4. The third-order valence-corrected chi connectivity index (χ3v) is 3.35. The summed E-state index contributed by atoms with van der Waals surface area (Å²) >= 11 is 0. The van der Waals surface area contributed by atoms with Crippen molar-refractivity contribution in [2.45, 2.75) is 13.8 Å². The second-order valence-corrected chi connectivity index (χ2v) is 4.75. The lowest BCUT2D eigenvalue weighted by Gasteiger charge is -2.15. The summed E-state index contributed by atoms with van der Waals surface area (Å²) in [5, 5.41) is 14.8. The molecule has 0 saturated carbocycles. The fourth-order valence-electron chi connectivity index (χ4n) is 0.718. The Morgan fingerprint density at radius 2 is 1.47 bits per heavy atom. The van der Waals surface area contributed by atoms with E-state index in [4.69, 9.17) is 34.6 Å². The van der Waals surface area contributed by atoms with Crippen molar-refractivity contribution in [3.05, 3.63) is 0 Å². The summed E-state index contributed by atoms with van der Waals surface area (Å²) in [6.07, 6.45) is 0.300. The molecule has 0 rings (SSSR count). The SMILES string of the molecule is CCOP(=O)(CCN)OCC.O=C(O)C(=O)O. The van der Waals surface area contributed by atoms with Crippen LogP contribution in [0.2, 0.25) is 0 Å². The van der Waals surface area contributed by atoms with E-state index < -0.39 is 19.5 Å². The molecule has 0 atom stereocenters. The molecule has 0 fully saturated rings. The molecule has 0 amide bonds. The minimum absolute atomic E-state index is 0.300. The Bertz CT molecular complexity index is 245. The van der Waals surface area contributed by atoms with E-state index in [1.54, 1.807) is 13.8 Å². The normalized spacial score (nSPS) is 10.3. The number of rotatable bonds is 6. The van der Waals surface area contributed by atoms with Gasteiger partial charge < -0.3 is 25.0 Å². The van der Waals surface area contributed by atoms with Crippen LogP contribution < -0.4 is 5.73 Å². The van der Waals surface area contributed by atoms with Gasteiger partial charge in [0.2, 0.25) is 0 Å². The minimum Gasteiger partial charge on any atom is -0.473 e. The molecule has 4 N–H and O–H groups in total. The first-order chi connectivity index (χ1) is 7.82. The summed E-state index contributed by atoms with van der Waals surface area (Å²) in [5.41, 5.74) is 5.24. The van der Waals surface area contributed by atoms with Crippen LogP contribution in [0.15, 0.2) is 0 Å². The topological polar surface area (TPSA) is 136 Å². The highest BCUT2D eigenvalue weighted by atomic mass is 31.2. The molecule has 0 aromatic carbocycles. The Labute approximate surface area is 99.2 Å². The first-order valence-corrected chi connectivity index (χ1v) is 6.60. The van der Waals surface area contributed by atoms with Crippen LogP contribution in [0.25, 0.3) is 0 Å². The molecular formula is C8H18NO7P. The quantitative estimate of drug-likeness (QED) is 0.465. The molecule has 8 nitrogen and oxygen atoms in total. The van der Waals surface area contributed by atoms with Gasteiger partial charge in [0.25, 0.3) is 0 Å². The van der Waals surface area contributed by atoms with Crippen LogP contribution in [-0.4, -0.2) is 48.1 Å². The number of carboxylic acid groups (broad SMARTS) is 2. The van der Waals surface area contributed by atoms with Crippen molar-refractivity contribution >= 4 is 19.5 Å². The van der Waals surface area contributed by atoms with Gasteiger partial charge in [-0.2, -0.15) is 0 Å². The Morgan fingerprint density at radius 3 is 1.65 bits per heavy atom. The third kappa shape index (κ3) is 11.3. The van der Waals surface area contributed by atoms with Crippen molar-refractivity contribution in [2.24, 2.45) is 5.73 Å². The maximum absolute atomic E-state index is 11.5. The fraction of sp³-hybridized carbons (Fsp3) is 0.750. The average molecular weight is 271 g/mol. The van der Waals surface area contributed by atoms with Crippen molar-refractivity contribution in [1.29, 1.82) is 0 Å². The summed E-state index contributed by atoms with van der Waals surface area (Å²) < 4.78 is 21.4. The van der Waals surface area contributed by atoms with Gasteiger partial charge in [0.15, 0.2) is 0 Å². The number of carboxylic acids is 2. The number of hydrogen-bond donors (Lipinski definition) is 3. The van der Waals surface area contributed by atoms with Crippen molar-refractivity contribution in [1.82, 2.24) is 0 Å². The van der Waals surface area contributed by atoms with Gasteiger partial charge in [0, 0.05) is 6.54 Å². The lowest BCUT2D eigenvalue weighted by molar-refractivity contribution is -0.159. The summed E-state index contributed by atoms with van der Waals surface area (Å²) in [6.45, 7) is 4.69. The zero-order valence-electron chi connectivity index (χ0n) is 9.79. The highest BCUT2D eigenvalue weighted by molar-refractivity contribution is 7.53. The van der Waals surface area contributed by atoms with Crippen molar-refractivity contribution in [3.63, 3.8) is 0 Å². The van der Waals surface area contributed by atoms with Gasteiger partial charge in [-0.05, 0) is 13.8 Å². The Kier molecular flexibility index (Phi) is 11.1. The van der Waals surface area contributed by atoms with E-state index in [1.807, 2.05) is 0 Å². The van der Waals surface area contributed by atoms with E-state index in [2.05, 4.69) is 0 Å². The maximum Gasteiger partial charge on any atom is 0.414 e. The molecule has 0 aliphatic carbocycles. The predicted molar refractivity (Wildman–Crippen MR) is 60.1 cm³/mol. The second-order valence-electron chi connectivity index (χ2n) is 2.57. The molecule has 9 heteroatoms. The molecule has 0 aromatic rings. The molecule has 17 heavy (non-hydrogen) atoms. The van der Waals surface area contributed by atoms with E-state index in [0.717, 1.165) is 0 Å². The Balaban J connectivity index is 0. The second kappa shape index (κ2) is 10.2. The fourth-order valence-corrected chi connectivity index (χ4v) is 2.15. The van der Waals surface area contributed by atoms with Gasteiger partial charge in [-0.1, -0.05) is 0 Å². The predicted octanol–water partition coefficient (Wildman–Crippen LogP) is 0.367. The largest absolute Gasteiger partial charge is 0.473 e. The van der Waals surface area contributed by atoms with E-state index in [1.165, 1.54) is 0 Å². The highest BCUT2D eigenvalue weighted by Crippen LogP contribution is 2.46. The van der Waals surface area contributed by atoms with Crippen LogP contribution in [0.5, 0.6) is 0 Å². The van der Waals surface area contributed by atoms with Crippen LogP contribution in [0.1, 0.15) is 13.8 Å². The molecule has 0 spiro atoms. The molecular weight excluding hydrogens is 253 g/mol. The first-order valence-electron chi connectivity index (χ1n) is 4.87. The number of hydrogen-bond acceptors (Lipinski definition) is 6. The van der Waals surface area contributed by atoms with Crippen molar-refractivity contribution in [3.8, 4) is 0 Å². The van der Waals surface area contributed by atoms with Crippen LogP contribution in [0.4, 0.5) is 0 Å². The lowest BCUT2D eigenvalue weighted by atomic mass is 10.7. The maximum atomic E-state index is 11.5. The summed E-state index contributed by atoms with van der Waals surface area (Å²) in [6, 6.07) is 0. The highest BCUT2D eigenvalue weighted by Gasteiger charge is 2.21. The van der Waals surface area contributed by atoms with E-state index >= 15 is 0 Å². The van der Waals surface area contributed by atoms with E-state index in [9.17, 15) is 4.57 Å². The number of carbonyl (C=O) groups is 2. The van der Waals surface area contributed by atoms with E-state index in [0.29, 0.717) is 25.9 Å². The van der Waals surface area contributed by atoms with Gasteiger partial charge in [-0.15, -0.1) is 0 Å². The van der Waals surface area contributed by atoms with Crippen LogP contribution in [-0.2, 0) is 23.2 Å². The van der Waals surface area contributed by atoms with Crippen molar-refractivity contribution < 1.29 is 33.4 Å². The van der Waals surface area contributed by atoms with Crippen molar-refractivity contribution in [2.75, 3.05) is 25.9 Å². The molecule has 0 aliphatic rings. The zero-order valence-corrected chi connectivity index (χ0v) is 10.7. The van der Waals surface area contributed by atoms with Crippen LogP contribution in [0, 0.1) is 0 Å². The standard InChI is InChI=1S/C6H16NO3P.C2H2O4/c1-3-9-11(8,6-5-7)10-4-2;3-1(4)2(5)6/h3-7H2,1-2H3;(H,3,4)(H,5,6). The zero-order chi connectivity index (χ0) is 13.9. The third-order valence-electron chi connectivity index (χ3n) is 1.24. The molecule has 0 aromatic heterocycles. The van der Waals surface area contributed by atoms with Gasteiger partial charge in [0.05, 0.1) is 19.4 Å².